The van der Waals surface area contributed by atoms with Crippen molar-refractivity contribution in [3.63, 3.8) is 0 Å². The monoisotopic (exact) mass is 409 g/mol. The number of hydrogen-bond donors (Lipinski definition) is 1. The molecule has 0 aliphatic heterocycles. The smallest absolute Gasteiger partial charge is 0.310 e. The van der Waals surface area contributed by atoms with Crippen molar-refractivity contribution in [3.05, 3.63) is 33.8 Å². The van der Waals surface area contributed by atoms with Crippen LogP contribution in [0.1, 0.15) is 44.1 Å². The molecule has 0 unspecified atom stereocenters. The molecule has 146 valence electrons. The quantitative estimate of drug-likeness (QED) is 0.707. The van der Waals surface area contributed by atoms with E-state index in [2.05, 4.69) is 5.32 Å². The van der Waals surface area contributed by atoms with E-state index >= 15 is 0 Å². The fourth-order valence-corrected chi connectivity index (χ4v) is 6.42. The highest BCUT2D eigenvalue weighted by Gasteiger charge is 2.50. The third kappa shape index (κ3) is 4.27. The molecule has 4 aliphatic carbocycles. The van der Waals surface area contributed by atoms with Gasteiger partial charge in [0, 0.05) is 22.2 Å². The molecule has 4 bridgehead atoms. The first-order valence-corrected chi connectivity index (χ1v) is 10.5. The molecule has 1 amide bonds. The van der Waals surface area contributed by atoms with E-state index < -0.39 is 5.97 Å². The van der Waals surface area contributed by atoms with Crippen LogP contribution >= 0.6 is 23.2 Å². The lowest BCUT2D eigenvalue weighted by Gasteiger charge is -2.56. The number of benzene rings is 1. The Morgan fingerprint density at radius 2 is 1.59 bits per heavy atom. The number of halogens is 2. The zero-order valence-electron chi connectivity index (χ0n) is 15.3. The molecule has 0 atom stereocenters. The molecule has 0 heterocycles. The Labute approximate surface area is 169 Å². The second-order valence-corrected chi connectivity index (χ2v) is 9.55. The van der Waals surface area contributed by atoms with Crippen molar-refractivity contribution in [1.29, 1.82) is 0 Å². The molecule has 1 N–H and O–H groups in total. The van der Waals surface area contributed by atoms with E-state index in [1.165, 1.54) is 38.5 Å². The highest BCUT2D eigenvalue weighted by Crippen LogP contribution is 2.59. The minimum atomic E-state index is -0.505. The van der Waals surface area contributed by atoms with E-state index in [9.17, 15) is 9.59 Å². The molecule has 0 aromatic heterocycles. The summed E-state index contributed by atoms with van der Waals surface area (Å²) in [7, 11) is 0. The minimum Gasteiger partial charge on any atom is -0.455 e. The van der Waals surface area contributed by atoms with Crippen molar-refractivity contribution in [2.75, 3.05) is 13.2 Å². The van der Waals surface area contributed by atoms with Crippen LogP contribution in [0, 0.1) is 23.2 Å². The van der Waals surface area contributed by atoms with Gasteiger partial charge in [-0.2, -0.15) is 0 Å². The predicted molar refractivity (Wildman–Crippen MR) is 105 cm³/mol. The van der Waals surface area contributed by atoms with Gasteiger partial charge >= 0.3 is 5.97 Å². The highest BCUT2D eigenvalue weighted by molar-refractivity contribution is 6.36. The Hall–Kier alpha value is -1.26. The lowest BCUT2D eigenvalue weighted by Crippen LogP contribution is -2.51. The Morgan fingerprint density at radius 1 is 1.04 bits per heavy atom. The van der Waals surface area contributed by atoms with Gasteiger partial charge in [0.1, 0.15) is 0 Å². The van der Waals surface area contributed by atoms with E-state index in [0.29, 0.717) is 22.2 Å². The van der Waals surface area contributed by atoms with Crippen molar-refractivity contribution >= 4 is 35.1 Å². The summed E-state index contributed by atoms with van der Waals surface area (Å²) in [6.07, 6.45) is 7.83. The number of rotatable bonds is 6. The third-order valence-corrected chi connectivity index (χ3v) is 7.28. The summed E-state index contributed by atoms with van der Waals surface area (Å²) in [5.41, 5.74) is 0.805. The van der Waals surface area contributed by atoms with Gasteiger partial charge in [-0.15, -0.1) is 0 Å². The van der Waals surface area contributed by atoms with E-state index in [4.69, 9.17) is 27.9 Å². The van der Waals surface area contributed by atoms with Gasteiger partial charge in [-0.05, 0) is 73.8 Å². The van der Waals surface area contributed by atoms with Gasteiger partial charge in [0.15, 0.2) is 6.61 Å². The maximum Gasteiger partial charge on any atom is 0.310 e. The van der Waals surface area contributed by atoms with Crippen LogP contribution in [-0.2, 0) is 20.7 Å². The van der Waals surface area contributed by atoms with Crippen molar-refractivity contribution in [1.82, 2.24) is 5.32 Å². The van der Waals surface area contributed by atoms with Crippen LogP contribution in [0.2, 0.25) is 10.0 Å². The predicted octanol–water partition coefficient (Wildman–Crippen LogP) is 4.41. The molecule has 27 heavy (non-hydrogen) atoms. The molecule has 4 nitrogen and oxygen atoms in total. The Balaban J connectivity index is 1.24. The molecule has 1 aromatic rings. The number of esters is 1. The SMILES string of the molecule is O=C(COC(=O)Cc1c(Cl)cccc1Cl)NCC12CC3CC(CC(C3)C1)C2. The topological polar surface area (TPSA) is 55.4 Å². The van der Waals surface area contributed by atoms with Crippen molar-refractivity contribution in [2.45, 2.75) is 44.9 Å². The van der Waals surface area contributed by atoms with Crippen molar-refractivity contribution in [3.8, 4) is 0 Å². The Morgan fingerprint density at radius 3 is 2.15 bits per heavy atom. The fraction of sp³-hybridized carbons (Fsp3) is 0.619. The molecule has 6 heteroatoms. The van der Waals surface area contributed by atoms with Gasteiger partial charge in [-0.3, -0.25) is 9.59 Å². The molecular formula is C21H25Cl2NO3. The van der Waals surface area contributed by atoms with Gasteiger partial charge in [0.05, 0.1) is 6.42 Å². The molecule has 0 saturated heterocycles. The average Bonchev–Trinajstić information content (AvgIpc) is 2.60. The second kappa shape index (κ2) is 7.63. The summed E-state index contributed by atoms with van der Waals surface area (Å²) in [5.74, 6) is 1.82. The number of hydrogen-bond acceptors (Lipinski definition) is 3. The second-order valence-electron chi connectivity index (χ2n) is 8.73. The van der Waals surface area contributed by atoms with E-state index in [0.717, 1.165) is 17.8 Å². The van der Waals surface area contributed by atoms with Gasteiger partial charge in [-0.25, -0.2) is 0 Å². The minimum absolute atomic E-state index is 0.0409. The number of ether oxygens (including phenoxy) is 1. The molecule has 4 aliphatic rings. The summed E-state index contributed by atoms with van der Waals surface area (Å²) in [5, 5.41) is 3.86. The normalized spacial score (nSPS) is 31.0. The molecule has 4 fully saturated rings. The largest absolute Gasteiger partial charge is 0.455 e. The van der Waals surface area contributed by atoms with Crippen LogP contribution < -0.4 is 5.32 Å². The highest BCUT2D eigenvalue weighted by atomic mass is 35.5. The Bertz CT molecular complexity index is 693. The Kier molecular flexibility index (Phi) is 5.39. The summed E-state index contributed by atoms with van der Waals surface area (Å²) < 4.78 is 5.12. The summed E-state index contributed by atoms with van der Waals surface area (Å²) >= 11 is 12.1. The zero-order valence-corrected chi connectivity index (χ0v) is 16.8. The third-order valence-electron chi connectivity index (χ3n) is 6.57. The van der Waals surface area contributed by atoms with E-state index in [1.807, 2.05) is 0 Å². The fourth-order valence-electron chi connectivity index (χ4n) is 5.89. The van der Waals surface area contributed by atoms with E-state index in [-0.39, 0.29) is 24.3 Å². The molecule has 5 rings (SSSR count). The zero-order chi connectivity index (χ0) is 19.0. The average molecular weight is 410 g/mol. The lowest BCUT2D eigenvalue weighted by molar-refractivity contribution is -0.148. The summed E-state index contributed by atoms with van der Waals surface area (Å²) in [6, 6.07) is 5.07. The number of amides is 1. The van der Waals surface area contributed by atoms with Crippen LogP contribution in [0.15, 0.2) is 18.2 Å². The summed E-state index contributed by atoms with van der Waals surface area (Å²) in [6.45, 7) is 0.455. The van der Waals surface area contributed by atoms with Gasteiger partial charge in [0.25, 0.3) is 5.91 Å². The van der Waals surface area contributed by atoms with Crippen LogP contribution in [0.4, 0.5) is 0 Å². The van der Waals surface area contributed by atoms with Gasteiger partial charge in [-0.1, -0.05) is 29.3 Å². The maximum absolute atomic E-state index is 12.2. The van der Waals surface area contributed by atoms with Gasteiger partial charge < -0.3 is 10.1 Å². The van der Waals surface area contributed by atoms with Crippen LogP contribution in [0.3, 0.4) is 0 Å². The molecule has 4 saturated carbocycles. The lowest BCUT2D eigenvalue weighted by atomic mass is 9.49. The number of carbonyl (C=O) groups is 2. The summed E-state index contributed by atoms with van der Waals surface area (Å²) in [4.78, 5) is 24.2. The van der Waals surface area contributed by atoms with Gasteiger partial charge in [0.2, 0.25) is 0 Å². The molecule has 1 aromatic carbocycles. The first kappa shape index (κ1) is 19.1. The molecular weight excluding hydrogens is 385 g/mol. The molecule has 0 spiro atoms. The van der Waals surface area contributed by atoms with Crippen molar-refractivity contribution < 1.29 is 14.3 Å². The van der Waals surface area contributed by atoms with E-state index in [1.54, 1.807) is 18.2 Å². The standard InChI is InChI=1S/C21H25Cl2NO3/c22-17-2-1-3-18(23)16(17)7-20(26)27-11-19(25)24-12-21-8-13-4-14(9-21)6-15(5-13)10-21/h1-3,13-15H,4-12H2,(H,24,25). The van der Waals surface area contributed by atoms with Crippen LogP contribution in [0.25, 0.3) is 0 Å². The first-order chi connectivity index (χ1) is 12.9. The molecule has 0 radical (unpaired) electrons. The van der Waals surface area contributed by atoms with Crippen LogP contribution in [-0.4, -0.2) is 25.0 Å². The maximum atomic E-state index is 12.2. The number of carbonyl (C=O) groups excluding carboxylic acids is 2. The van der Waals surface area contributed by atoms with Crippen LogP contribution in [0.5, 0.6) is 0 Å². The first-order valence-electron chi connectivity index (χ1n) is 9.78. The number of nitrogens with one attached hydrogen (secondary N) is 1. The van der Waals surface area contributed by atoms with Crippen molar-refractivity contribution in [2.24, 2.45) is 23.2 Å².